The van der Waals surface area contributed by atoms with Crippen LogP contribution in [0.25, 0.3) is 10.8 Å². The molecule has 0 aromatic heterocycles. The molecule has 21 heavy (non-hydrogen) atoms. The Morgan fingerprint density at radius 1 is 1.00 bits per heavy atom. The van der Waals surface area contributed by atoms with E-state index in [1.165, 1.54) is 60.4 Å². The molecular weight excluding hydrogens is 276 g/mol. The van der Waals surface area contributed by atoms with Crippen LogP contribution in [-0.2, 0) is 0 Å². The molecule has 1 aliphatic rings. The van der Waals surface area contributed by atoms with E-state index in [0.29, 0.717) is 0 Å². The second kappa shape index (κ2) is 6.83. The molecule has 1 unspecified atom stereocenters. The first-order chi connectivity index (χ1) is 10.3. The molecule has 0 spiro atoms. The maximum absolute atomic E-state index is 6.76. The highest BCUT2D eigenvalue weighted by atomic mass is 35.5. The molecule has 0 heterocycles. The molecule has 0 bridgehead atoms. The maximum atomic E-state index is 6.76. The standard InChI is InChI=1S/C20H25Cl/c1-15-11-13-19(18-10-6-5-9-17(15)18)20(21)14-12-16-7-3-2-4-8-16/h5-6,9-11,13,16,20H,2-4,7-8,12,14H2,1H3. The lowest BCUT2D eigenvalue weighted by Gasteiger charge is -2.23. The molecule has 1 aliphatic carbocycles. The Bertz CT molecular complexity index is 596. The second-order valence-corrected chi connectivity index (χ2v) is 7.09. The molecule has 2 aromatic rings. The van der Waals surface area contributed by atoms with E-state index in [-0.39, 0.29) is 5.38 Å². The van der Waals surface area contributed by atoms with Crippen LogP contribution >= 0.6 is 11.6 Å². The Kier molecular flexibility index (Phi) is 4.85. The Hall–Kier alpha value is -1.01. The lowest BCUT2D eigenvalue weighted by molar-refractivity contribution is 0.331. The van der Waals surface area contributed by atoms with Crippen molar-refractivity contribution in [1.29, 1.82) is 0 Å². The minimum Gasteiger partial charge on any atom is -0.118 e. The second-order valence-electron chi connectivity index (χ2n) is 6.57. The van der Waals surface area contributed by atoms with Crippen LogP contribution in [0.3, 0.4) is 0 Å². The molecule has 0 amide bonds. The first-order valence-corrected chi connectivity index (χ1v) is 8.81. The van der Waals surface area contributed by atoms with Crippen molar-refractivity contribution in [3.8, 4) is 0 Å². The van der Waals surface area contributed by atoms with Crippen molar-refractivity contribution < 1.29 is 0 Å². The minimum absolute atomic E-state index is 0.150. The molecule has 1 saturated carbocycles. The van der Waals surface area contributed by atoms with Crippen molar-refractivity contribution in [1.82, 2.24) is 0 Å². The number of aryl methyl sites for hydroxylation is 1. The summed E-state index contributed by atoms with van der Waals surface area (Å²) in [6, 6.07) is 13.1. The number of hydrogen-bond acceptors (Lipinski definition) is 0. The molecular formula is C20H25Cl. The van der Waals surface area contributed by atoms with Gasteiger partial charge in [0.2, 0.25) is 0 Å². The van der Waals surface area contributed by atoms with Crippen LogP contribution in [0.15, 0.2) is 36.4 Å². The van der Waals surface area contributed by atoms with Crippen LogP contribution in [0.1, 0.15) is 61.4 Å². The van der Waals surface area contributed by atoms with E-state index in [0.717, 1.165) is 12.3 Å². The number of rotatable bonds is 4. The van der Waals surface area contributed by atoms with Crippen molar-refractivity contribution in [3.05, 3.63) is 47.5 Å². The summed E-state index contributed by atoms with van der Waals surface area (Å²) in [7, 11) is 0. The summed E-state index contributed by atoms with van der Waals surface area (Å²) in [5, 5.41) is 2.83. The number of fused-ring (bicyclic) bond motifs is 1. The average molecular weight is 301 g/mol. The molecule has 1 atom stereocenters. The summed E-state index contributed by atoms with van der Waals surface area (Å²) in [5.74, 6) is 0.914. The first kappa shape index (κ1) is 14.9. The SMILES string of the molecule is Cc1ccc(C(Cl)CCC2CCCCC2)c2ccccc12. The van der Waals surface area contributed by atoms with Gasteiger partial charge in [-0.1, -0.05) is 68.5 Å². The lowest BCUT2D eigenvalue weighted by Crippen LogP contribution is -2.07. The molecule has 0 aliphatic heterocycles. The molecule has 112 valence electrons. The normalized spacial score (nSPS) is 18.0. The Balaban J connectivity index is 1.75. The highest BCUT2D eigenvalue weighted by Gasteiger charge is 2.17. The van der Waals surface area contributed by atoms with Crippen molar-refractivity contribution in [2.45, 2.75) is 57.2 Å². The van der Waals surface area contributed by atoms with Gasteiger partial charge in [0.05, 0.1) is 5.38 Å². The topological polar surface area (TPSA) is 0 Å². The molecule has 1 fully saturated rings. The summed E-state index contributed by atoms with van der Waals surface area (Å²) in [6.45, 7) is 2.18. The monoisotopic (exact) mass is 300 g/mol. The fourth-order valence-corrected chi connectivity index (χ4v) is 4.08. The third-order valence-electron chi connectivity index (χ3n) is 5.07. The van der Waals surface area contributed by atoms with E-state index in [9.17, 15) is 0 Å². The highest BCUT2D eigenvalue weighted by molar-refractivity contribution is 6.21. The predicted octanol–water partition coefficient (Wildman–Crippen LogP) is 6.79. The van der Waals surface area contributed by atoms with Gasteiger partial charge >= 0.3 is 0 Å². The van der Waals surface area contributed by atoms with Gasteiger partial charge in [-0.3, -0.25) is 0 Å². The van der Waals surface area contributed by atoms with Crippen LogP contribution in [0.4, 0.5) is 0 Å². The van der Waals surface area contributed by atoms with Crippen molar-refractivity contribution in [2.75, 3.05) is 0 Å². The van der Waals surface area contributed by atoms with Crippen molar-refractivity contribution in [3.63, 3.8) is 0 Å². The molecule has 0 radical (unpaired) electrons. The third kappa shape index (κ3) is 3.43. The molecule has 2 aromatic carbocycles. The van der Waals surface area contributed by atoms with E-state index in [1.54, 1.807) is 0 Å². The quantitative estimate of drug-likeness (QED) is 0.545. The van der Waals surface area contributed by atoms with Gasteiger partial charge in [0.15, 0.2) is 0 Å². The number of halogens is 1. The fourth-order valence-electron chi connectivity index (χ4n) is 3.76. The van der Waals surface area contributed by atoms with E-state index in [2.05, 4.69) is 43.3 Å². The van der Waals surface area contributed by atoms with Gasteiger partial charge in [0.25, 0.3) is 0 Å². The van der Waals surface area contributed by atoms with E-state index in [1.807, 2.05) is 0 Å². The van der Waals surface area contributed by atoms with E-state index >= 15 is 0 Å². The van der Waals surface area contributed by atoms with Crippen LogP contribution in [0.5, 0.6) is 0 Å². The van der Waals surface area contributed by atoms with Gasteiger partial charge in [-0.25, -0.2) is 0 Å². The Morgan fingerprint density at radius 3 is 2.48 bits per heavy atom. The molecule has 1 heteroatoms. The zero-order valence-electron chi connectivity index (χ0n) is 12.9. The van der Waals surface area contributed by atoms with Crippen molar-refractivity contribution >= 4 is 22.4 Å². The predicted molar refractivity (Wildman–Crippen MR) is 93.1 cm³/mol. The van der Waals surface area contributed by atoms with Gasteiger partial charge < -0.3 is 0 Å². The van der Waals surface area contributed by atoms with Gasteiger partial charge in [0.1, 0.15) is 0 Å². The summed E-state index contributed by atoms with van der Waals surface area (Å²) in [4.78, 5) is 0. The van der Waals surface area contributed by atoms with Gasteiger partial charge in [-0.05, 0) is 47.6 Å². The van der Waals surface area contributed by atoms with Gasteiger partial charge in [-0.2, -0.15) is 0 Å². The Morgan fingerprint density at radius 2 is 1.71 bits per heavy atom. The summed E-state index contributed by atoms with van der Waals surface area (Å²) in [6.07, 6.45) is 9.51. The zero-order valence-corrected chi connectivity index (χ0v) is 13.7. The first-order valence-electron chi connectivity index (χ1n) is 8.38. The van der Waals surface area contributed by atoms with Crippen LogP contribution in [0.2, 0.25) is 0 Å². The van der Waals surface area contributed by atoms with E-state index < -0.39 is 0 Å². The highest BCUT2D eigenvalue weighted by Crippen LogP contribution is 2.36. The zero-order chi connectivity index (χ0) is 14.7. The number of alkyl halides is 1. The van der Waals surface area contributed by atoms with Crippen LogP contribution in [0, 0.1) is 12.8 Å². The fraction of sp³-hybridized carbons (Fsp3) is 0.500. The summed E-state index contributed by atoms with van der Waals surface area (Å²) >= 11 is 6.76. The van der Waals surface area contributed by atoms with Gasteiger partial charge in [-0.15, -0.1) is 11.6 Å². The molecule has 0 nitrogen and oxygen atoms in total. The number of benzene rings is 2. The molecule has 0 saturated heterocycles. The number of hydrogen-bond donors (Lipinski definition) is 0. The minimum atomic E-state index is 0.150. The third-order valence-corrected chi connectivity index (χ3v) is 5.52. The lowest BCUT2D eigenvalue weighted by atomic mass is 9.85. The largest absolute Gasteiger partial charge is 0.118 e. The maximum Gasteiger partial charge on any atom is 0.0591 e. The molecule has 0 N–H and O–H groups in total. The average Bonchev–Trinajstić information content (AvgIpc) is 2.54. The molecule has 3 rings (SSSR count). The summed E-state index contributed by atoms with van der Waals surface area (Å²) < 4.78 is 0. The van der Waals surface area contributed by atoms with Gasteiger partial charge in [0, 0.05) is 0 Å². The van der Waals surface area contributed by atoms with Crippen molar-refractivity contribution in [2.24, 2.45) is 5.92 Å². The van der Waals surface area contributed by atoms with E-state index in [4.69, 9.17) is 11.6 Å². The summed E-state index contributed by atoms with van der Waals surface area (Å²) in [5.41, 5.74) is 2.65. The van der Waals surface area contributed by atoms with Crippen LogP contribution in [-0.4, -0.2) is 0 Å². The Labute approximate surface area is 133 Å². The van der Waals surface area contributed by atoms with Crippen LogP contribution < -0.4 is 0 Å². The smallest absolute Gasteiger partial charge is 0.0591 e.